The minimum Gasteiger partial charge on any atom is -0.394 e. The molecule has 6 heteroatoms. The van der Waals surface area contributed by atoms with Gasteiger partial charge in [-0.2, -0.15) is 0 Å². The number of ether oxygens (including phenoxy) is 2. The summed E-state index contributed by atoms with van der Waals surface area (Å²) in [6.07, 6.45) is -0.0509. The lowest BCUT2D eigenvalue weighted by atomic mass is 10.1. The fourth-order valence-corrected chi connectivity index (χ4v) is 2.20. The van der Waals surface area contributed by atoms with Crippen molar-refractivity contribution in [1.82, 2.24) is 0 Å². The van der Waals surface area contributed by atoms with Gasteiger partial charge in [-0.25, -0.2) is 0 Å². The summed E-state index contributed by atoms with van der Waals surface area (Å²) in [5.74, 6) is 0. The van der Waals surface area contributed by atoms with Gasteiger partial charge < -0.3 is 29.9 Å². The Kier molecular flexibility index (Phi) is 7.82. The van der Waals surface area contributed by atoms with Crippen molar-refractivity contribution in [3.8, 4) is 0 Å². The van der Waals surface area contributed by atoms with Crippen molar-refractivity contribution in [1.29, 1.82) is 0 Å². The average molecular weight is 278 g/mol. The van der Waals surface area contributed by atoms with E-state index in [0.717, 1.165) is 19.3 Å². The number of aliphatic hydroxyl groups is 4. The van der Waals surface area contributed by atoms with Crippen molar-refractivity contribution in [3.63, 3.8) is 0 Å². The molecule has 1 saturated heterocycles. The van der Waals surface area contributed by atoms with Crippen LogP contribution in [0.15, 0.2) is 0 Å². The third-order valence-electron chi connectivity index (χ3n) is 3.38. The van der Waals surface area contributed by atoms with Crippen molar-refractivity contribution in [3.05, 3.63) is 0 Å². The Hall–Kier alpha value is -0.240. The Morgan fingerprint density at radius 2 is 1.84 bits per heavy atom. The van der Waals surface area contributed by atoms with Gasteiger partial charge in [-0.1, -0.05) is 32.6 Å². The molecule has 0 spiro atoms. The maximum atomic E-state index is 9.88. The Bertz CT molecular complexity index is 237. The third-order valence-corrected chi connectivity index (χ3v) is 3.38. The molecular weight excluding hydrogens is 252 g/mol. The SMILES string of the molecule is CCCCCCCO[C@H]1C(O)O[C@H]([C@H](O)CO)[C@@H]1O. The fourth-order valence-electron chi connectivity index (χ4n) is 2.20. The number of hydrogen-bond donors (Lipinski definition) is 4. The van der Waals surface area contributed by atoms with Gasteiger partial charge >= 0.3 is 0 Å². The maximum absolute atomic E-state index is 9.88. The minimum absolute atomic E-state index is 0.438. The first-order chi connectivity index (χ1) is 9.11. The molecule has 4 N–H and O–H groups in total. The predicted molar refractivity (Wildman–Crippen MR) is 68.5 cm³/mol. The molecule has 19 heavy (non-hydrogen) atoms. The molecule has 0 amide bonds. The van der Waals surface area contributed by atoms with Crippen LogP contribution < -0.4 is 0 Å². The molecule has 0 aromatic heterocycles. The van der Waals surface area contributed by atoms with Gasteiger partial charge in [-0.15, -0.1) is 0 Å². The highest BCUT2D eigenvalue weighted by atomic mass is 16.7. The molecule has 1 fully saturated rings. The number of aliphatic hydroxyl groups excluding tert-OH is 4. The Morgan fingerprint density at radius 3 is 2.47 bits per heavy atom. The number of hydrogen-bond acceptors (Lipinski definition) is 6. The molecule has 114 valence electrons. The van der Waals surface area contributed by atoms with Crippen LogP contribution >= 0.6 is 0 Å². The topological polar surface area (TPSA) is 99.4 Å². The first-order valence-corrected chi connectivity index (χ1v) is 7.04. The highest BCUT2D eigenvalue weighted by Gasteiger charge is 2.46. The zero-order chi connectivity index (χ0) is 14.3. The molecule has 0 bridgehead atoms. The summed E-state index contributed by atoms with van der Waals surface area (Å²) in [4.78, 5) is 0. The fraction of sp³-hybridized carbons (Fsp3) is 1.00. The van der Waals surface area contributed by atoms with Gasteiger partial charge in [0.05, 0.1) is 6.61 Å². The molecule has 0 aromatic carbocycles. The molecule has 6 nitrogen and oxygen atoms in total. The van der Waals surface area contributed by atoms with Gasteiger partial charge in [0.15, 0.2) is 6.29 Å². The molecule has 1 rings (SSSR count). The Balaban J connectivity index is 2.25. The van der Waals surface area contributed by atoms with E-state index in [1.54, 1.807) is 0 Å². The maximum Gasteiger partial charge on any atom is 0.184 e. The second kappa shape index (κ2) is 8.84. The Labute approximate surface area is 114 Å². The van der Waals surface area contributed by atoms with Crippen LogP contribution in [0.5, 0.6) is 0 Å². The standard InChI is InChI=1S/C13H26O6/c1-2-3-4-5-6-7-18-12-10(16)11(9(15)8-14)19-13(12)17/h9-17H,2-8H2,1H3/t9-,10+,11-,12-,13?/m1/s1. The van der Waals surface area contributed by atoms with Crippen molar-refractivity contribution < 1.29 is 29.9 Å². The van der Waals surface area contributed by atoms with Crippen LogP contribution in [0.2, 0.25) is 0 Å². The predicted octanol–water partition coefficient (Wildman–Crippen LogP) is -0.227. The summed E-state index contributed by atoms with van der Waals surface area (Å²) in [6.45, 7) is 2.05. The summed E-state index contributed by atoms with van der Waals surface area (Å²) < 4.78 is 10.4. The molecule has 0 saturated carbocycles. The summed E-state index contributed by atoms with van der Waals surface area (Å²) >= 11 is 0. The van der Waals surface area contributed by atoms with Crippen LogP contribution in [0.1, 0.15) is 39.0 Å². The lowest BCUT2D eigenvalue weighted by molar-refractivity contribution is -0.159. The van der Waals surface area contributed by atoms with Gasteiger partial charge in [0.1, 0.15) is 24.4 Å². The third kappa shape index (κ3) is 4.98. The monoisotopic (exact) mass is 278 g/mol. The highest BCUT2D eigenvalue weighted by Crippen LogP contribution is 2.25. The van der Waals surface area contributed by atoms with Crippen LogP contribution in [0.4, 0.5) is 0 Å². The van der Waals surface area contributed by atoms with Crippen LogP contribution in [-0.2, 0) is 9.47 Å². The van der Waals surface area contributed by atoms with Crippen LogP contribution in [0.25, 0.3) is 0 Å². The van der Waals surface area contributed by atoms with Crippen LogP contribution in [0.3, 0.4) is 0 Å². The first-order valence-electron chi connectivity index (χ1n) is 7.04. The van der Waals surface area contributed by atoms with E-state index in [2.05, 4.69) is 6.92 Å². The molecule has 5 atom stereocenters. The van der Waals surface area contributed by atoms with E-state index in [4.69, 9.17) is 14.6 Å². The molecule has 1 unspecified atom stereocenters. The summed E-state index contributed by atoms with van der Waals surface area (Å²) in [7, 11) is 0. The van der Waals surface area contributed by atoms with Crippen LogP contribution in [-0.4, -0.2) is 64.3 Å². The molecule has 0 radical (unpaired) electrons. The average Bonchev–Trinajstić information content (AvgIpc) is 2.69. The van der Waals surface area contributed by atoms with Gasteiger partial charge in [0.25, 0.3) is 0 Å². The first kappa shape index (κ1) is 16.8. The van der Waals surface area contributed by atoms with Gasteiger partial charge in [0.2, 0.25) is 0 Å². The molecule has 0 aromatic rings. The normalized spacial score (nSPS) is 32.7. The molecule has 0 aliphatic carbocycles. The quantitative estimate of drug-likeness (QED) is 0.435. The van der Waals surface area contributed by atoms with Gasteiger partial charge in [0, 0.05) is 6.61 Å². The van der Waals surface area contributed by atoms with E-state index in [9.17, 15) is 15.3 Å². The smallest absolute Gasteiger partial charge is 0.184 e. The lowest BCUT2D eigenvalue weighted by Gasteiger charge is -2.20. The van der Waals surface area contributed by atoms with E-state index < -0.39 is 37.3 Å². The summed E-state index contributed by atoms with van der Waals surface area (Å²) in [5.41, 5.74) is 0. The zero-order valence-electron chi connectivity index (χ0n) is 11.4. The van der Waals surface area contributed by atoms with E-state index in [1.807, 2.05) is 0 Å². The molecular formula is C13H26O6. The molecule has 1 aliphatic rings. The minimum atomic E-state index is -1.27. The second-order valence-corrected chi connectivity index (χ2v) is 4.98. The van der Waals surface area contributed by atoms with Gasteiger partial charge in [-0.05, 0) is 6.42 Å². The summed E-state index contributed by atoms with van der Waals surface area (Å²) in [6, 6.07) is 0. The summed E-state index contributed by atoms with van der Waals surface area (Å²) in [5, 5.41) is 37.7. The van der Waals surface area contributed by atoms with E-state index in [0.29, 0.717) is 6.61 Å². The van der Waals surface area contributed by atoms with E-state index >= 15 is 0 Å². The lowest BCUT2D eigenvalue weighted by Crippen LogP contribution is -2.41. The van der Waals surface area contributed by atoms with E-state index in [-0.39, 0.29) is 0 Å². The van der Waals surface area contributed by atoms with Gasteiger partial charge in [-0.3, -0.25) is 0 Å². The second-order valence-electron chi connectivity index (χ2n) is 4.98. The molecule has 1 heterocycles. The number of unbranched alkanes of at least 4 members (excludes halogenated alkanes) is 4. The van der Waals surface area contributed by atoms with E-state index in [1.165, 1.54) is 12.8 Å². The molecule has 1 aliphatic heterocycles. The number of rotatable bonds is 9. The van der Waals surface area contributed by atoms with Crippen molar-refractivity contribution in [2.45, 2.75) is 69.7 Å². The van der Waals surface area contributed by atoms with Crippen molar-refractivity contribution in [2.75, 3.05) is 13.2 Å². The van der Waals surface area contributed by atoms with Crippen molar-refractivity contribution >= 4 is 0 Å². The van der Waals surface area contributed by atoms with Crippen LogP contribution in [0, 0.1) is 0 Å². The Morgan fingerprint density at radius 1 is 1.16 bits per heavy atom. The zero-order valence-corrected chi connectivity index (χ0v) is 11.4. The largest absolute Gasteiger partial charge is 0.394 e. The van der Waals surface area contributed by atoms with Crippen molar-refractivity contribution in [2.24, 2.45) is 0 Å². The highest BCUT2D eigenvalue weighted by molar-refractivity contribution is 4.91.